The lowest BCUT2D eigenvalue weighted by Crippen LogP contribution is -2.58. The van der Waals surface area contributed by atoms with Crippen LogP contribution in [0.3, 0.4) is 0 Å². The van der Waals surface area contributed by atoms with Crippen molar-refractivity contribution in [1.29, 1.82) is 0 Å². The highest BCUT2D eigenvalue weighted by atomic mass is 32.2. The maximum atomic E-state index is 13.9. The van der Waals surface area contributed by atoms with Crippen LogP contribution >= 0.6 is 11.8 Å². The van der Waals surface area contributed by atoms with E-state index in [0.29, 0.717) is 18.9 Å². The first-order chi connectivity index (χ1) is 20.7. The molecule has 0 saturated carbocycles. The number of amides is 3. The maximum Gasteiger partial charge on any atom is 0.407 e. The SMILES string of the molecule is COc1ccc(C[C@H](NC(=O)O[C@H]2CO[C@H]3OCC[C@H]32)[C@H](O)C(=O)N2CSC(C)(C)[C@H]2C(=O)NCc2ccccc2)cc1. The molecule has 3 N–H and O–H groups in total. The second-order valence-corrected chi connectivity index (χ2v) is 13.1. The van der Waals surface area contributed by atoms with Crippen LogP contribution in [-0.2, 0) is 36.8 Å². The summed E-state index contributed by atoms with van der Waals surface area (Å²) in [6, 6.07) is 14.8. The van der Waals surface area contributed by atoms with Gasteiger partial charge in [-0.05, 0) is 49.9 Å². The van der Waals surface area contributed by atoms with E-state index in [-0.39, 0.29) is 37.0 Å². The number of benzene rings is 2. The number of nitrogens with one attached hydrogen (secondary N) is 2. The first kappa shape index (κ1) is 31.1. The number of fused-ring (bicyclic) bond motifs is 1. The molecule has 3 fully saturated rings. The molecule has 3 amide bonds. The van der Waals surface area contributed by atoms with Crippen LogP contribution in [0.5, 0.6) is 5.75 Å². The largest absolute Gasteiger partial charge is 0.497 e. The summed E-state index contributed by atoms with van der Waals surface area (Å²) in [5, 5.41) is 17.1. The standard InChI is InChI=1S/C31H39N3O8S/c1-31(2)26(27(36)32-16-20-7-5-4-6-8-20)34(18-43-31)28(37)25(35)23(15-19-9-11-21(39-3)12-10-19)33-30(38)42-24-17-41-29-22(24)13-14-40-29/h4-12,22-26,29,35H,13-18H2,1-3H3,(H,32,36)(H,33,38)/t22-,23-,24-,25-,26+,29+/m0/s1. The number of methoxy groups -OCH3 is 1. The molecule has 5 rings (SSSR count). The summed E-state index contributed by atoms with van der Waals surface area (Å²) in [4.78, 5) is 41.8. The fourth-order valence-electron chi connectivity index (χ4n) is 5.76. The van der Waals surface area contributed by atoms with Crippen LogP contribution in [0.15, 0.2) is 54.6 Å². The molecule has 232 valence electrons. The third kappa shape index (κ3) is 7.26. The Morgan fingerprint density at radius 2 is 1.84 bits per heavy atom. The number of thioether (sulfide) groups is 1. The molecule has 12 heteroatoms. The van der Waals surface area contributed by atoms with E-state index in [1.165, 1.54) is 16.7 Å². The van der Waals surface area contributed by atoms with Crippen LogP contribution in [0, 0.1) is 5.92 Å². The van der Waals surface area contributed by atoms with Gasteiger partial charge in [0.05, 0.1) is 38.2 Å². The highest BCUT2D eigenvalue weighted by Crippen LogP contribution is 2.40. The minimum Gasteiger partial charge on any atom is -0.497 e. The smallest absolute Gasteiger partial charge is 0.407 e. The summed E-state index contributed by atoms with van der Waals surface area (Å²) < 4.78 is 21.4. The van der Waals surface area contributed by atoms with Crippen molar-refractivity contribution in [2.24, 2.45) is 5.92 Å². The molecule has 3 saturated heterocycles. The number of alkyl carbamates (subject to hydrolysis) is 1. The van der Waals surface area contributed by atoms with Gasteiger partial charge in [0.15, 0.2) is 12.4 Å². The van der Waals surface area contributed by atoms with Crippen molar-refractivity contribution in [1.82, 2.24) is 15.5 Å². The first-order valence-electron chi connectivity index (χ1n) is 14.4. The predicted octanol–water partition coefficient (Wildman–Crippen LogP) is 2.45. The minimum atomic E-state index is -1.64. The average molecular weight is 614 g/mol. The zero-order chi connectivity index (χ0) is 30.6. The lowest BCUT2D eigenvalue weighted by atomic mass is 9.97. The molecule has 3 heterocycles. The van der Waals surface area contributed by atoms with Crippen molar-refractivity contribution in [3.8, 4) is 5.75 Å². The fraction of sp³-hybridized carbons (Fsp3) is 0.516. The minimum absolute atomic E-state index is 0.0589. The third-order valence-electron chi connectivity index (χ3n) is 8.18. The second-order valence-electron chi connectivity index (χ2n) is 11.5. The molecule has 0 unspecified atom stereocenters. The maximum absolute atomic E-state index is 13.9. The van der Waals surface area contributed by atoms with E-state index in [4.69, 9.17) is 18.9 Å². The van der Waals surface area contributed by atoms with Gasteiger partial charge in [-0.25, -0.2) is 4.79 Å². The third-order valence-corrected chi connectivity index (χ3v) is 9.56. The Hall–Kier alpha value is -3.32. The van der Waals surface area contributed by atoms with Crippen LogP contribution in [0.1, 0.15) is 31.4 Å². The van der Waals surface area contributed by atoms with E-state index in [2.05, 4.69) is 10.6 Å². The van der Waals surface area contributed by atoms with Crippen LogP contribution in [0.2, 0.25) is 0 Å². The Labute approximate surface area is 255 Å². The van der Waals surface area contributed by atoms with E-state index >= 15 is 0 Å². The van der Waals surface area contributed by atoms with Crippen molar-refractivity contribution in [3.63, 3.8) is 0 Å². The lowest BCUT2D eigenvalue weighted by Gasteiger charge is -2.33. The van der Waals surface area contributed by atoms with Crippen molar-refractivity contribution in [2.45, 2.75) is 68.6 Å². The number of nitrogens with zero attached hydrogens (tertiary/aromatic N) is 1. The molecule has 43 heavy (non-hydrogen) atoms. The average Bonchev–Trinajstić information content (AvgIpc) is 3.71. The molecule has 0 spiro atoms. The Balaban J connectivity index is 1.30. The van der Waals surface area contributed by atoms with E-state index in [0.717, 1.165) is 17.5 Å². The van der Waals surface area contributed by atoms with Crippen molar-refractivity contribution >= 4 is 29.7 Å². The van der Waals surface area contributed by atoms with E-state index in [1.54, 1.807) is 31.4 Å². The first-order valence-corrected chi connectivity index (χ1v) is 15.4. The summed E-state index contributed by atoms with van der Waals surface area (Å²) in [6.45, 7) is 4.87. The molecule has 3 aliphatic heterocycles. The molecular weight excluding hydrogens is 574 g/mol. The van der Waals surface area contributed by atoms with Gasteiger partial charge in [-0.2, -0.15) is 0 Å². The summed E-state index contributed by atoms with van der Waals surface area (Å²) in [5.41, 5.74) is 1.70. The van der Waals surface area contributed by atoms with Gasteiger partial charge in [0.2, 0.25) is 5.91 Å². The van der Waals surface area contributed by atoms with Crippen LogP contribution < -0.4 is 15.4 Å². The number of ether oxygens (including phenoxy) is 4. The highest BCUT2D eigenvalue weighted by Gasteiger charge is 2.50. The number of hydrogen-bond acceptors (Lipinski definition) is 9. The van der Waals surface area contributed by atoms with Gasteiger partial charge in [0.25, 0.3) is 5.91 Å². The van der Waals surface area contributed by atoms with Crippen molar-refractivity contribution in [3.05, 3.63) is 65.7 Å². The second kappa shape index (κ2) is 13.5. The van der Waals surface area contributed by atoms with Gasteiger partial charge >= 0.3 is 6.09 Å². The molecule has 0 aromatic heterocycles. The molecule has 2 aromatic carbocycles. The van der Waals surface area contributed by atoms with Gasteiger partial charge in [-0.1, -0.05) is 42.5 Å². The zero-order valence-electron chi connectivity index (χ0n) is 24.6. The Morgan fingerprint density at radius 3 is 2.56 bits per heavy atom. The number of aliphatic hydroxyl groups excluding tert-OH is 1. The predicted molar refractivity (Wildman–Crippen MR) is 159 cm³/mol. The monoisotopic (exact) mass is 613 g/mol. The summed E-state index contributed by atoms with van der Waals surface area (Å²) in [6.07, 6.45) is -2.43. The molecule has 3 aliphatic rings. The molecule has 0 radical (unpaired) electrons. The van der Waals surface area contributed by atoms with Gasteiger partial charge in [-0.15, -0.1) is 11.8 Å². The Kier molecular flexibility index (Phi) is 9.80. The van der Waals surface area contributed by atoms with Gasteiger partial charge in [-0.3, -0.25) is 9.59 Å². The van der Waals surface area contributed by atoms with Crippen molar-refractivity contribution < 1.29 is 38.4 Å². The lowest BCUT2D eigenvalue weighted by molar-refractivity contribution is -0.147. The molecule has 2 aromatic rings. The topological polar surface area (TPSA) is 136 Å². The zero-order valence-corrected chi connectivity index (χ0v) is 25.4. The molecule has 6 atom stereocenters. The van der Waals surface area contributed by atoms with E-state index in [9.17, 15) is 19.5 Å². The fourth-order valence-corrected chi connectivity index (χ4v) is 6.90. The summed E-state index contributed by atoms with van der Waals surface area (Å²) in [7, 11) is 1.56. The number of aliphatic hydroxyl groups is 1. The van der Waals surface area contributed by atoms with Crippen LogP contribution in [0.25, 0.3) is 0 Å². The normalized spacial score (nSPS) is 25.4. The quantitative estimate of drug-likeness (QED) is 0.369. The summed E-state index contributed by atoms with van der Waals surface area (Å²) >= 11 is 1.46. The van der Waals surface area contributed by atoms with Gasteiger partial charge in [0.1, 0.15) is 17.9 Å². The summed E-state index contributed by atoms with van der Waals surface area (Å²) in [5.74, 6) is -0.150. The number of hydrogen-bond donors (Lipinski definition) is 3. The molecule has 0 bridgehead atoms. The number of rotatable bonds is 10. The Bertz CT molecular complexity index is 1280. The van der Waals surface area contributed by atoms with Gasteiger partial charge < -0.3 is 39.6 Å². The molecule has 0 aliphatic carbocycles. The van der Waals surface area contributed by atoms with Crippen LogP contribution in [0.4, 0.5) is 4.79 Å². The van der Waals surface area contributed by atoms with Crippen LogP contribution in [-0.4, -0.2) is 89.4 Å². The Morgan fingerprint density at radius 1 is 1.09 bits per heavy atom. The molecular formula is C31H39N3O8S. The van der Waals surface area contributed by atoms with E-state index in [1.807, 2.05) is 44.2 Å². The van der Waals surface area contributed by atoms with Gasteiger partial charge in [0, 0.05) is 11.3 Å². The van der Waals surface area contributed by atoms with Crippen molar-refractivity contribution in [2.75, 3.05) is 26.2 Å². The molecule has 11 nitrogen and oxygen atoms in total. The number of carbonyl (C=O) groups is 3. The van der Waals surface area contributed by atoms with E-state index < -0.39 is 41.0 Å². The number of carbonyl (C=O) groups excluding carboxylic acids is 3. The highest BCUT2D eigenvalue weighted by molar-refractivity contribution is 8.00.